The molecule has 2 heterocycles. The van der Waals surface area contributed by atoms with Crippen molar-refractivity contribution < 1.29 is 13.7 Å². The Kier molecular flexibility index (Phi) is 9.08. The number of nitrogens with zero attached hydrogens (tertiary/aromatic N) is 5. The average molecular weight is 518 g/mol. The van der Waals surface area contributed by atoms with Gasteiger partial charge in [-0.3, -0.25) is 4.99 Å². The Hall–Kier alpha value is -1.95. The quantitative estimate of drug-likeness (QED) is 0.358. The molecule has 1 fully saturated rings. The normalized spacial score (nSPS) is 15.8. The lowest BCUT2D eigenvalue weighted by molar-refractivity contribution is 0.0683. The van der Waals surface area contributed by atoms with Gasteiger partial charge in [-0.05, 0) is 26.0 Å². The maximum Gasteiger partial charge on any atom is 0.246 e. The summed E-state index contributed by atoms with van der Waals surface area (Å²) in [6.45, 7) is 7.71. The summed E-state index contributed by atoms with van der Waals surface area (Å²) >= 11 is 0. The number of rotatable bonds is 6. The Labute approximate surface area is 187 Å². The number of para-hydroxylation sites is 1. The van der Waals surface area contributed by atoms with Gasteiger partial charge in [0.15, 0.2) is 11.8 Å². The molecule has 1 atom stereocenters. The minimum Gasteiger partial charge on any atom is -0.371 e. The molecular formula is C19H28FIN6O2. The van der Waals surface area contributed by atoms with Crippen LogP contribution < -0.4 is 10.2 Å². The molecule has 1 aliphatic rings. The molecule has 0 aliphatic carbocycles. The zero-order valence-electron chi connectivity index (χ0n) is 17.0. The average Bonchev–Trinajstić information content (AvgIpc) is 3.19. The molecule has 1 aromatic carbocycles. The molecule has 0 saturated carbocycles. The summed E-state index contributed by atoms with van der Waals surface area (Å²) in [6.07, 6.45) is -0.201. The van der Waals surface area contributed by atoms with Crippen LogP contribution in [0.3, 0.4) is 0 Å². The molecule has 2 aromatic rings. The number of anilines is 1. The number of piperazine rings is 1. The van der Waals surface area contributed by atoms with E-state index in [4.69, 9.17) is 9.26 Å². The van der Waals surface area contributed by atoms with Crippen molar-refractivity contribution in [1.82, 2.24) is 20.4 Å². The van der Waals surface area contributed by atoms with E-state index in [2.05, 4.69) is 30.2 Å². The molecule has 1 aromatic heterocycles. The van der Waals surface area contributed by atoms with Gasteiger partial charge in [-0.15, -0.1) is 24.0 Å². The van der Waals surface area contributed by atoms with Crippen LogP contribution in [0.25, 0.3) is 0 Å². The summed E-state index contributed by atoms with van der Waals surface area (Å²) in [5, 5.41) is 7.21. The highest BCUT2D eigenvalue weighted by molar-refractivity contribution is 14.0. The Morgan fingerprint density at radius 1 is 1.31 bits per heavy atom. The third-order valence-electron chi connectivity index (χ3n) is 4.65. The molecule has 1 saturated heterocycles. The largest absolute Gasteiger partial charge is 0.371 e. The molecule has 1 aliphatic heterocycles. The van der Waals surface area contributed by atoms with E-state index < -0.39 is 0 Å². The highest BCUT2D eigenvalue weighted by atomic mass is 127. The van der Waals surface area contributed by atoms with Crippen LogP contribution in [0.2, 0.25) is 0 Å². The molecule has 0 amide bonds. The second-order valence-electron chi connectivity index (χ2n) is 6.47. The first-order valence-electron chi connectivity index (χ1n) is 9.51. The summed E-state index contributed by atoms with van der Waals surface area (Å²) in [5.74, 6) is 1.58. The fourth-order valence-corrected chi connectivity index (χ4v) is 3.18. The SMILES string of the molecule is CCOC(C)c1noc(CNC(=NC)N2CCN(c3ccccc3F)CC2)n1.I. The molecule has 1 N–H and O–H groups in total. The van der Waals surface area contributed by atoms with Crippen LogP contribution in [0.4, 0.5) is 10.1 Å². The van der Waals surface area contributed by atoms with Gasteiger partial charge in [-0.2, -0.15) is 4.98 Å². The Morgan fingerprint density at radius 2 is 2.03 bits per heavy atom. The second kappa shape index (κ2) is 11.3. The van der Waals surface area contributed by atoms with Crippen LogP contribution in [-0.2, 0) is 11.3 Å². The minimum absolute atomic E-state index is 0. The molecule has 1 unspecified atom stereocenters. The highest BCUT2D eigenvalue weighted by Gasteiger charge is 2.22. The maximum absolute atomic E-state index is 14.0. The number of benzene rings is 1. The van der Waals surface area contributed by atoms with Gasteiger partial charge in [-0.1, -0.05) is 17.3 Å². The van der Waals surface area contributed by atoms with E-state index in [9.17, 15) is 4.39 Å². The van der Waals surface area contributed by atoms with Crippen LogP contribution in [-0.4, -0.2) is 60.8 Å². The van der Waals surface area contributed by atoms with Crippen LogP contribution in [0, 0.1) is 5.82 Å². The molecule has 3 rings (SSSR count). The lowest BCUT2D eigenvalue weighted by atomic mass is 10.2. The van der Waals surface area contributed by atoms with Gasteiger partial charge in [0, 0.05) is 39.8 Å². The molecule has 8 nitrogen and oxygen atoms in total. The van der Waals surface area contributed by atoms with Gasteiger partial charge in [0.1, 0.15) is 11.9 Å². The fourth-order valence-electron chi connectivity index (χ4n) is 3.18. The number of hydrogen-bond donors (Lipinski definition) is 1. The number of aromatic nitrogens is 2. The van der Waals surface area contributed by atoms with E-state index in [1.54, 1.807) is 13.1 Å². The van der Waals surface area contributed by atoms with Gasteiger partial charge in [0.2, 0.25) is 5.89 Å². The number of halogens is 2. The van der Waals surface area contributed by atoms with E-state index in [0.29, 0.717) is 30.6 Å². The molecule has 0 bridgehead atoms. The Morgan fingerprint density at radius 3 is 2.69 bits per heavy atom. The summed E-state index contributed by atoms with van der Waals surface area (Å²) in [5.41, 5.74) is 0.645. The molecule has 0 spiro atoms. The van der Waals surface area contributed by atoms with E-state index in [0.717, 1.165) is 32.1 Å². The predicted octanol–water partition coefficient (Wildman–Crippen LogP) is 2.82. The number of aliphatic imine (C=N–C) groups is 1. The van der Waals surface area contributed by atoms with Gasteiger partial charge in [-0.25, -0.2) is 4.39 Å². The van der Waals surface area contributed by atoms with Crippen LogP contribution in [0.15, 0.2) is 33.8 Å². The summed E-state index contributed by atoms with van der Waals surface area (Å²) in [4.78, 5) is 12.9. The molecule has 0 radical (unpaired) electrons. The first-order chi connectivity index (χ1) is 13.6. The molecule has 160 valence electrons. The molecular weight excluding hydrogens is 490 g/mol. The topological polar surface area (TPSA) is 79.0 Å². The molecule has 10 heteroatoms. The van der Waals surface area contributed by atoms with Crippen LogP contribution in [0.1, 0.15) is 31.7 Å². The monoisotopic (exact) mass is 518 g/mol. The first-order valence-corrected chi connectivity index (χ1v) is 9.51. The van der Waals surface area contributed by atoms with Gasteiger partial charge < -0.3 is 24.4 Å². The number of hydrogen-bond acceptors (Lipinski definition) is 6. The standard InChI is InChI=1S/C19H27FN6O2.HI/c1-4-27-14(2)18-23-17(28-24-18)13-22-19(21-3)26-11-9-25(10-12-26)16-8-6-5-7-15(16)20;/h5-8,14H,4,9-13H2,1-3H3,(H,21,22);1H. The third kappa shape index (κ3) is 6.01. The van der Waals surface area contributed by atoms with E-state index >= 15 is 0 Å². The number of guanidine groups is 1. The van der Waals surface area contributed by atoms with Gasteiger partial charge in [0.25, 0.3) is 0 Å². The van der Waals surface area contributed by atoms with Crippen molar-refractivity contribution in [2.24, 2.45) is 4.99 Å². The van der Waals surface area contributed by atoms with Crippen molar-refractivity contribution >= 4 is 35.6 Å². The first kappa shape index (κ1) is 23.3. The van der Waals surface area contributed by atoms with E-state index in [1.807, 2.05) is 26.0 Å². The van der Waals surface area contributed by atoms with Crippen molar-refractivity contribution in [3.05, 3.63) is 41.8 Å². The van der Waals surface area contributed by atoms with Crippen molar-refractivity contribution in [3.8, 4) is 0 Å². The lowest BCUT2D eigenvalue weighted by Crippen LogP contribution is -2.52. The summed E-state index contributed by atoms with van der Waals surface area (Å²) in [6, 6.07) is 6.87. The summed E-state index contributed by atoms with van der Waals surface area (Å²) < 4.78 is 24.7. The van der Waals surface area contributed by atoms with E-state index in [1.165, 1.54) is 6.07 Å². The zero-order valence-corrected chi connectivity index (χ0v) is 19.3. The van der Waals surface area contributed by atoms with Gasteiger partial charge in [0.05, 0.1) is 12.2 Å². The minimum atomic E-state index is -0.201. The highest BCUT2D eigenvalue weighted by Crippen LogP contribution is 2.20. The van der Waals surface area contributed by atoms with Crippen LogP contribution in [0.5, 0.6) is 0 Å². The summed E-state index contributed by atoms with van der Waals surface area (Å²) in [7, 11) is 1.74. The predicted molar refractivity (Wildman–Crippen MR) is 120 cm³/mol. The van der Waals surface area contributed by atoms with Crippen molar-refractivity contribution in [3.63, 3.8) is 0 Å². The number of ether oxygens (including phenoxy) is 1. The van der Waals surface area contributed by atoms with Gasteiger partial charge >= 0.3 is 0 Å². The Balaban J connectivity index is 0.00000300. The number of nitrogens with one attached hydrogen (secondary N) is 1. The van der Waals surface area contributed by atoms with Crippen molar-refractivity contribution in [2.75, 3.05) is 44.7 Å². The zero-order chi connectivity index (χ0) is 19.9. The van der Waals surface area contributed by atoms with Crippen molar-refractivity contribution in [2.45, 2.75) is 26.5 Å². The maximum atomic E-state index is 14.0. The molecule has 29 heavy (non-hydrogen) atoms. The smallest absolute Gasteiger partial charge is 0.246 e. The fraction of sp³-hybridized carbons (Fsp3) is 0.526. The third-order valence-corrected chi connectivity index (χ3v) is 4.65. The Bertz CT molecular complexity index is 795. The van der Waals surface area contributed by atoms with Crippen molar-refractivity contribution in [1.29, 1.82) is 0 Å². The second-order valence-corrected chi connectivity index (χ2v) is 6.47. The lowest BCUT2D eigenvalue weighted by Gasteiger charge is -2.37. The van der Waals surface area contributed by atoms with E-state index in [-0.39, 0.29) is 35.9 Å². The van der Waals surface area contributed by atoms with Crippen LogP contribution >= 0.6 is 24.0 Å².